The zero-order valence-electron chi connectivity index (χ0n) is 27.3. The highest BCUT2D eigenvalue weighted by Gasteiger charge is 2.39. The molecular weight excluding hydrogens is 665 g/mol. The molecule has 4 aromatic rings. The summed E-state index contributed by atoms with van der Waals surface area (Å²) in [5, 5.41) is 6.07. The summed E-state index contributed by atoms with van der Waals surface area (Å²) < 4.78 is 52.3. The number of carbonyl (C=O) groups excluding carboxylic acids is 2. The van der Waals surface area contributed by atoms with E-state index in [0.717, 1.165) is 30.8 Å². The van der Waals surface area contributed by atoms with E-state index >= 15 is 0 Å². The molecule has 4 heterocycles. The fourth-order valence-corrected chi connectivity index (χ4v) is 7.85. The molecule has 13 nitrogen and oxygen atoms in total. The number of sulfonamides is 1. The second kappa shape index (κ2) is 14.0. The highest BCUT2D eigenvalue weighted by molar-refractivity contribution is 7.89. The van der Waals surface area contributed by atoms with Gasteiger partial charge in [-0.3, -0.25) is 9.59 Å². The van der Waals surface area contributed by atoms with Gasteiger partial charge in [0.1, 0.15) is 11.9 Å². The average molecular weight is 702 g/mol. The number of benzene rings is 3. The minimum absolute atomic E-state index is 0.00696. The Kier molecular flexibility index (Phi) is 9.35. The Bertz CT molecular complexity index is 2010. The van der Waals surface area contributed by atoms with E-state index in [1.54, 1.807) is 36.4 Å². The first kappa shape index (κ1) is 33.4. The number of nitrogens with zero attached hydrogens (tertiary/aromatic N) is 5. The highest BCUT2D eigenvalue weighted by Crippen LogP contribution is 2.36. The maximum Gasteiger partial charge on any atom is 0.253 e. The summed E-state index contributed by atoms with van der Waals surface area (Å²) in [6.07, 6.45) is 0.854. The molecule has 3 aliphatic heterocycles. The van der Waals surface area contributed by atoms with Gasteiger partial charge < -0.3 is 29.9 Å². The molecule has 0 spiro atoms. The van der Waals surface area contributed by atoms with Crippen molar-refractivity contribution in [3.05, 3.63) is 89.9 Å². The number of likely N-dealkylation sites (N-methyl/N-ethyl adjacent to an activating group) is 1. The molecule has 1 aromatic heterocycles. The fraction of sp³-hybridized carbons (Fsp3) is 0.314. The molecule has 3 aromatic carbocycles. The lowest BCUT2D eigenvalue weighted by Gasteiger charge is -2.32. The van der Waals surface area contributed by atoms with Crippen LogP contribution in [0.3, 0.4) is 0 Å². The van der Waals surface area contributed by atoms with Crippen LogP contribution >= 0.6 is 0 Å². The topological polar surface area (TPSA) is 146 Å². The van der Waals surface area contributed by atoms with Crippen molar-refractivity contribution in [1.29, 1.82) is 0 Å². The Morgan fingerprint density at radius 2 is 1.64 bits per heavy atom. The summed E-state index contributed by atoms with van der Waals surface area (Å²) in [7, 11) is -1.98. The van der Waals surface area contributed by atoms with E-state index in [4.69, 9.17) is 14.5 Å². The Morgan fingerprint density at radius 3 is 2.40 bits per heavy atom. The van der Waals surface area contributed by atoms with Crippen molar-refractivity contribution in [3.63, 3.8) is 0 Å². The van der Waals surface area contributed by atoms with Gasteiger partial charge in [0.25, 0.3) is 5.91 Å². The number of halogens is 1. The predicted octanol–water partition coefficient (Wildman–Crippen LogP) is 3.61. The number of carbonyl (C=O) groups is 2. The van der Waals surface area contributed by atoms with Gasteiger partial charge in [0.2, 0.25) is 28.7 Å². The fourth-order valence-electron chi connectivity index (χ4n) is 6.19. The quantitative estimate of drug-likeness (QED) is 0.266. The van der Waals surface area contributed by atoms with E-state index in [9.17, 15) is 22.4 Å². The lowest BCUT2D eigenvalue weighted by atomic mass is 10.1. The highest BCUT2D eigenvalue weighted by atomic mass is 32.2. The van der Waals surface area contributed by atoms with Crippen LogP contribution in [0.5, 0.6) is 11.5 Å². The number of nitrogens with one attached hydrogen (secondary N) is 2. The average Bonchev–Trinajstić information content (AvgIpc) is 3.82. The molecule has 0 saturated carbocycles. The van der Waals surface area contributed by atoms with Gasteiger partial charge in [-0.25, -0.2) is 22.8 Å². The number of ether oxygens (including phenoxy) is 2. The molecule has 260 valence electrons. The second-order valence-electron chi connectivity index (χ2n) is 12.4. The largest absolute Gasteiger partial charge is 0.454 e. The van der Waals surface area contributed by atoms with Gasteiger partial charge in [0.05, 0.1) is 22.8 Å². The Morgan fingerprint density at radius 1 is 0.900 bits per heavy atom. The first-order valence-corrected chi connectivity index (χ1v) is 17.8. The van der Waals surface area contributed by atoms with Crippen molar-refractivity contribution in [2.45, 2.75) is 30.3 Å². The number of hydrogen-bond acceptors (Lipinski definition) is 10. The lowest BCUT2D eigenvalue weighted by Crippen LogP contribution is -2.47. The molecule has 50 heavy (non-hydrogen) atoms. The van der Waals surface area contributed by atoms with Gasteiger partial charge in [-0.1, -0.05) is 0 Å². The first-order chi connectivity index (χ1) is 24.1. The van der Waals surface area contributed by atoms with Crippen LogP contribution in [0.25, 0.3) is 11.3 Å². The van der Waals surface area contributed by atoms with Crippen molar-refractivity contribution < 1.29 is 31.9 Å². The number of piperazine rings is 1. The lowest BCUT2D eigenvalue weighted by molar-refractivity contribution is -0.124. The van der Waals surface area contributed by atoms with E-state index in [1.165, 1.54) is 16.4 Å². The minimum atomic E-state index is -4.02. The molecule has 0 aliphatic carbocycles. The monoisotopic (exact) mass is 701 g/mol. The summed E-state index contributed by atoms with van der Waals surface area (Å²) in [5.74, 6) is 0.420. The molecule has 0 bridgehead atoms. The number of fused-ring (bicyclic) bond motifs is 1. The summed E-state index contributed by atoms with van der Waals surface area (Å²) in [6, 6.07) is 17.9. The van der Waals surface area contributed by atoms with Gasteiger partial charge >= 0.3 is 0 Å². The van der Waals surface area contributed by atoms with Gasteiger partial charge in [-0.2, -0.15) is 4.31 Å². The van der Waals surface area contributed by atoms with E-state index in [1.807, 2.05) is 24.1 Å². The number of anilines is 2. The first-order valence-electron chi connectivity index (χ1n) is 16.3. The summed E-state index contributed by atoms with van der Waals surface area (Å²) in [6.45, 7) is 3.31. The van der Waals surface area contributed by atoms with E-state index in [-0.39, 0.29) is 36.6 Å². The standard InChI is InChI=1S/C35H36FN7O6S/c1-41-15-17-42(18-16-41)34(45)23-4-9-26(10-5-23)38-35-39-27(20-29(40-35)24-6-13-31-32(19-24)49-22-48-31)21-37-33(44)30-3-2-14-43(30)50(46,47)28-11-7-25(36)8-12-28/h4-13,19-20,30H,2-3,14-18,21-22H2,1H3,(H,37,44)(H,38,39,40). The molecule has 1 atom stereocenters. The Balaban J connectivity index is 1.10. The van der Waals surface area contributed by atoms with Crippen LogP contribution < -0.4 is 20.1 Å². The third-order valence-corrected chi connectivity index (χ3v) is 10.9. The zero-order chi connectivity index (χ0) is 34.8. The van der Waals surface area contributed by atoms with Crippen LogP contribution in [0.15, 0.2) is 77.7 Å². The molecule has 2 amide bonds. The van der Waals surface area contributed by atoms with Crippen molar-refractivity contribution in [2.75, 3.05) is 51.9 Å². The van der Waals surface area contributed by atoms with Crippen molar-refractivity contribution >= 4 is 33.5 Å². The van der Waals surface area contributed by atoms with E-state index in [0.29, 0.717) is 60.1 Å². The van der Waals surface area contributed by atoms with Crippen LogP contribution in [-0.4, -0.2) is 96.9 Å². The number of hydrogen-bond donors (Lipinski definition) is 2. The van der Waals surface area contributed by atoms with E-state index < -0.39 is 27.8 Å². The number of aromatic nitrogens is 2. The van der Waals surface area contributed by atoms with Crippen molar-refractivity contribution in [3.8, 4) is 22.8 Å². The van der Waals surface area contributed by atoms with Crippen LogP contribution in [0, 0.1) is 5.82 Å². The Labute approximate surface area is 289 Å². The third-order valence-electron chi connectivity index (χ3n) is 9.00. The van der Waals surface area contributed by atoms with Crippen molar-refractivity contribution in [2.24, 2.45) is 0 Å². The van der Waals surface area contributed by atoms with Crippen LogP contribution in [0.1, 0.15) is 28.9 Å². The zero-order valence-corrected chi connectivity index (χ0v) is 28.2. The molecule has 3 aliphatic rings. The Hall–Kier alpha value is -5.12. The molecule has 1 unspecified atom stereocenters. The van der Waals surface area contributed by atoms with Crippen LogP contribution in [0.4, 0.5) is 16.0 Å². The van der Waals surface area contributed by atoms with Gasteiger partial charge in [0, 0.05) is 49.5 Å². The normalized spacial score (nSPS) is 17.9. The molecule has 2 N–H and O–H groups in total. The molecule has 2 fully saturated rings. The SMILES string of the molecule is CN1CCN(C(=O)c2ccc(Nc3nc(CNC(=O)C4CCCN4S(=O)(=O)c4ccc(F)cc4)cc(-c4ccc5c(c4)OCO5)n3)cc2)CC1. The van der Waals surface area contributed by atoms with Gasteiger partial charge in [-0.05, 0) is 92.7 Å². The third kappa shape index (κ3) is 7.11. The molecule has 15 heteroatoms. The minimum Gasteiger partial charge on any atom is -0.454 e. The molecule has 0 radical (unpaired) electrons. The second-order valence-corrected chi connectivity index (χ2v) is 14.3. The summed E-state index contributed by atoms with van der Waals surface area (Å²) in [4.78, 5) is 39.8. The predicted molar refractivity (Wildman–Crippen MR) is 182 cm³/mol. The molecule has 2 saturated heterocycles. The van der Waals surface area contributed by atoms with E-state index in [2.05, 4.69) is 20.5 Å². The number of rotatable bonds is 9. The molecule has 7 rings (SSSR count). The number of amides is 2. The van der Waals surface area contributed by atoms with Gasteiger partial charge in [0.15, 0.2) is 11.5 Å². The van der Waals surface area contributed by atoms with Crippen molar-refractivity contribution in [1.82, 2.24) is 29.4 Å². The summed E-state index contributed by atoms with van der Waals surface area (Å²) in [5.41, 5.74) is 2.99. The maximum absolute atomic E-state index is 13.5. The van der Waals surface area contributed by atoms with Crippen LogP contribution in [0.2, 0.25) is 0 Å². The van der Waals surface area contributed by atoms with Gasteiger partial charge in [-0.15, -0.1) is 0 Å². The molecular formula is C35H36FN7O6S. The summed E-state index contributed by atoms with van der Waals surface area (Å²) >= 11 is 0. The smallest absolute Gasteiger partial charge is 0.253 e. The maximum atomic E-state index is 13.5. The van der Waals surface area contributed by atoms with Crippen LogP contribution in [-0.2, 0) is 21.4 Å².